The number of nitrogens with one attached hydrogen (secondary N) is 4. The number of aromatic amines is 1. The van der Waals surface area contributed by atoms with E-state index in [-0.39, 0.29) is 4.57 Å². The van der Waals surface area contributed by atoms with Gasteiger partial charge in [0.15, 0.2) is 0 Å². The van der Waals surface area contributed by atoms with Crippen molar-refractivity contribution in [2.24, 2.45) is 5.73 Å². The van der Waals surface area contributed by atoms with Crippen LogP contribution in [0.1, 0.15) is 20.0 Å². The number of amides is 3. The predicted octanol–water partition coefficient (Wildman–Crippen LogP) is -4.30. The Morgan fingerprint density at radius 2 is 1.73 bits per heavy atom. The number of aromatic nitrogens is 2. The number of carboxylic acids is 1. The summed E-state index contributed by atoms with van der Waals surface area (Å²) < 4.78 is 13.6. The van der Waals surface area contributed by atoms with Crippen LogP contribution in [-0.2, 0) is 19.2 Å². The first-order valence-corrected chi connectivity index (χ1v) is 8.40. The van der Waals surface area contributed by atoms with E-state index in [0.29, 0.717) is 6.20 Å². The number of hydrogen-bond acceptors (Lipinski definition) is 8. The molecule has 0 aliphatic carbocycles. The molecule has 8 N–H and O–H groups in total. The molecule has 0 aromatic carbocycles. The van der Waals surface area contributed by atoms with Crippen molar-refractivity contribution in [2.45, 2.75) is 38.1 Å². The minimum absolute atomic E-state index is 0.227. The molecule has 0 fully saturated rings. The molecule has 1 rings (SSSR count). The van der Waals surface area contributed by atoms with Gasteiger partial charge in [-0.25, -0.2) is 9.59 Å². The lowest BCUT2D eigenvalue weighted by atomic mass is 10.2. The number of H-pyrrole nitrogens is 1. The third kappa shape index (κ3) is 6.21. The van der Waals surface area contributed by atoms with E-state index in [0.717, 1.165) is 6.92 Å². The van der Waals surface area contributed by atoms with Crippen LogP contribution in [0.4, 0.5) is 4.39 Å². The number of halogens is 1. The fraction of sp³-hybridized carbons (Fsp3) is 0.467. The molecule has 0 aliphatic rings. The van der Waals surface area contributed by atoms with Gasteiger partial charge in [-0.2, -0.15) is 4.39 Å². The lowest BCUT2D eigenvalue weighted by molar-refractivity contribution is -0.145. The molecule has 0 spiro atoms. The monoisotopic (exact) mass is 432 g/mol. The van der Waals surface area contributed by atoms with E-state index in [2.05, 4.69) is 10.6 Å². The molecule has 1 aromatic heterocycles. The summed E-state index contributed by atoms with van der Waals surface area (Å²) in [6.07, 6.45) is -1.81. The van der Waals surface area contributed by atoms with E-state index < -0.39 is 71.7 Å². The lowest BCUT2D eigenvalue weighted by Crippen LogP contribution is -2.57. The summed E-state index contributed by atoms with van der Waals surface area (Å²) in [5, 5.41) is 24.6. The number of aliphatic carboxylic acids is 1. The first-order valence-electron chi connectivity index (χ1n) is 8.40. The van der Waals surface area contributed by atoms with Crippen molar-refractivity contribution in [3.05, 3.63) is 32.9 Å². The molecule has 0 saturated heterocycles. The fourth-order valence-corrected chi connectivity index (χ4v) is 2.04. The quantitative estimate of drug-likeness (QED) is 0.200. The number of aliphatic hydroxyl groups is 1. The van der Waals surface area contributed by atoms with Crippen LogP contribution in [0.3, 0.4) is 0 Å². The van der Waals surface area contributed by atoms with E-state index in [1.165, 1.54) is 6.92 Å². The zero-order valence-electron chi connectivity index (χ0n) is 15.8. The maximum Gasteiger partial charge on any atom is 0.347 e. The van der Waals surface area contributed by atoms with E-state index in [1.54, 1.807) is 4.98 Å². The molecule has 3 amide bonds. The Kier molecular flexibility index (Phi) is 8.36. The maximum absolute atomic E-state index is 13.4. The van der Waals surface area contributed by atoms with Gasteiger partial charge in [0.25, 0.3) is 5.56 Å². The molecule has 1 unspecified atom stereocenters. The van der Waals surface area contributed by atoms with Crippen molar-refractivity contribution in [3.63, 3.8) is 0 Å². The average Bonchev–Trinajstić information content (AvgIpc) is 2.66. The second-order valence-electron chi connectivity index (χ2n) is 6.16. The molecule has 1 aromatic rings. The molecule has 0 saturated carbocycles. The van der Waals surface area contributed by atoms with Gasteiger partial charge in [0, 0.05) is 0 Å². The highest BCUT2D eigenvalue weighted by molar-refractivity contribution is 5.93. The first kappa shape index (κ1) is 24.4. The van der Waals surface area contributed by atoms with Crippen molar-refractivity contribution in [2.75, 3.05) is 6.61 Å². The third-order valence-electron chi connectivity index (χ3n) is 3.70. The Morgan fingerprint density at radius 3 is 2.23 bits per heavy atom. The molecule has 1 heterocycles. The number of carboxylic acid groups (broad SMARTS) is 1. The largest absolute Gasteiger partial charge is 0.478 e. The van der Waals surface area contributed by atoms with Crippen LogP contribution in [0.2, 0.25) is 0 Å². The van der Waals surface area contributed by atoms with Gasteiger partial charge in [0.2, 0.25) is 29.7 Å². The molecule has 15 heteroatoms. The summed E-state index contributed by atoms with van der Waals surface area (Å²) >= 11 is 0. The number of aliphatic hydroxyl groups excluding tert-OH is 1. The van der Waals surface area contributed by atoms with Gasteiger partial charge in [-0.1, -0.05) is 0 Å². The third-order valence-corrected chi connectivity index (χ3v) is 3.70. The van der Waals surface area contributed by atoms with Crippen LogP contribution >= 0.6 is 0 Å². The maximum atomic E-state index is 13.4. The second-order valence-corrected chi connectivity index (χ2v) is 6.16. The lowest BCUT2D eigenvalue weighted by Gasteiger charge is -2.22. The number of nitrogens with two attached hydrogens (primary N) is 1. The predicted molar refractivity (Wildman–Crippen MR) is 96.4 cm³/mol. The smallest absolute Gasteiger partial charge is 0.347 e. The zero-order valence-corrected chi connectivity index (χ0v) is 15.8. The summed E-state index contributed by atoms with van der Waals surface area (Å²) in [7, 11) is 0. The van der Waals surface area contributed by atoms with E-state index in [1.807, 2.05) is 5.32 Å². The summed E-state index contributed by atoms with van der Waals surface area (Å²) in [6, 6.07) is -3.81. The fourth-order valence-electron chi connectivity index (χ4n) is 2.04. The molecule has 166 valence electrons. The van der Waals surface area contributed by atoms with Crippen molar-refractivity contribution < 1.29 is 33.8 Å². The minimum Gasteiger partial charge on any atom is -0.478 e. The number of carbonyl (C=O) groups excluding carboxylic acids is 3. The van der Waals surface area contributed by atoms with Gasteiger partial charge in [0.05, 0.1) is 18.8 Å². The highest BCUT2D eigenvalue weighted by Gasteiger charge is 2.29. The molecular formula is C15H21FN6O8. The van der Waals surface area contributed by atoms with Gasteiger partial charge < -0.3 is 31.9 Å². The Bertz CT molecular complexity index is 942. The number of carbonyl (C=O) groups is 4. The summed E-state index contributed by atoms with van der Waals surface area (Å²) in [4.78, 5) is 71.6. The molecule has 0 bridgehead atoms. The SMILES string of the molecule is C[C@H](N)C(=O)N[C@H](CO)C(=O)N[C@@H](C)C(=O)NC(C(=O)O)n1cc(F)c(=O)[nH]c1=O. The second kappa shape index (κ2) is 10.3. The summed E-state index contributed by atoms with van der Waals surface area (Å²) in [6.45, 7) is 1.66. The minimum atomic E-state index is -2.11. The van der Waals surface area contributed by atoms with Gasteiger partial charge in [-0.15, -0.1) is 0 Å². The molecule has 14 nitrogen and oxygen atoms in total. The van der Waals surface area contributed by atoms with Crippen LogP contribution in [0, 0.1) is 5.82 Å². The standard InChI is InChI=1S/C15H21FN6O8/c1-5(17)10(24)19-8(4-23)13(27)18-6(2)11(25)20-9(14(28)29)22-3-7(16)12(26)21-15(22)30/h3,5-6,8-9,23H,4,17H2,1-2H3,(H,18,27)(H,19,24)(H,20,25)(H,28,29)(H,21,26,30)/t5-,6-,8+,9?/m0/s1. The van der Waals surface area contributed by atoms with Crippen molar-refractivity contribution in [1.29, 1.82) is 0 Å². The van der Waals surface area contributed by atoms with Crippen LogP contribution in [0.25, 0.3) is 0 Å². The van der Waals surface area contributed by atoms with E-state index >= 15 is 0 Å². The van der Waals surface area contributed by atoms with Gasteiger partial charge in [0.1, 0.15) is 12.1 Å². The highest BCUT2D eigenvalue weighted by atomic mass is 19.1. The van der Waals surface area contributed by atoms with Gasteiger partial charge >= 0.3 is 11.7 Å². The molecule has 0 radical (unpaired) electrons. The zero-order chi connectivity index (χ0) is 23.2. The number of hydrogen-bond donors (Lipinski definition) is 7. The van der Waals surface area contributed by atoms with Crippen LogP contribution < -0.4 is 32.9 Å². The van der Waals surface area contributed by atoms with Crippen molar-refractivity contribution >= 4 is 23.7 Å². The molecule has 4 atom stereocenters. The van der Waals surface area contributed by atoms with Crippen molar-refractivity contribution in [1.82, 2.24) is 25.5 Å². The Labute approximate surface area is 167 Å². The van der Waals surface area contributed by atoms with Crippen LogP contribution in [0.5, 0.6) is 0 Å². The number of rotatable bonds is 9. The van der Waals surface area contributed by atoms with Crippen LogP contribution in [-0.4, -0.2) is 68.2 Å². The van der Waals surface area contributed by atoms with Crippen LogP contribution in [0.15, 0.2) is 15.8 Å². The Hall–Kier alpha value is -3.59. The summed E-state index contributed by atoms with van der Waals surface area (Å²) in [5.41, 5.74) is 2.66. The Balaban J connectivity index is 2.93. The average molecular weight is 432 g/mol. The number of nitrogens with zero attached hydrogens (tertiary/aromatic N) is 1. The normalized spacial score (nSPS) is 14.7. The summed E-state index contributed by atoms with van der Waals surface area (Å²) in [5.74, 6) is -6.07. The Morgan fingerprint density at radius 1 is 1.13 bits per heavy atom. The van der Waals surface area contributed by atoms with Crippen molar-refractivity contribution in [3.8, 4) is 0 Å². The first-order chi connectivity index (χ1) is 13.9. The molecule has 30 heavy (non-hydrogen) atoms. The molecular weight excluding hydrogens is 411 g/mol. The molecule has 0 aliphatic heterocycles. The van der Waals surface area contributed by atoms with Gasteiger partial charge in [-0.05, 0) is 13.8 Å². The van der Waals surface area contributed by atoms with E-state index in [4.69, 9.17) is 5.73 Å². The highest BCUT2D eigenvalue weighted by Crippen LogP contribution is 2.01. The van der Waals surface area contributed by atoms with Gasteiger partial charge in [-0.3, -0.25) is 28.7 Å². The topological polar surface area (TPSA) is 226 Å². The van der Waals surface area contributed by atoms with E-state index in [9.17, 15) is 43.4 Å².